The van der Waals surface area contributed by atoms with Crippen molar-refractivity contribution in [3.8, 4) is 5.75 Å². The Morgan fingerprint density at radius 1 is 1.45 bits per heavy atom. The summed E-state index contributed by atoms with van der Waals surface area (Å²) in [5, 5.41) is 2.96. The number of likely N-dealkylation sites (tertiary alicyclic amines) is 1. The standard InChI is InChI=1S/C17H27N3O2/c1-3-22-16-9-5-4-8-14(16)19-17(21)12-20-10-6-7-13(2)15(20)11-18/h4-5,8-9,13,15H,3,6-7,10-12,18H2,1-2H3,(H,19,21). The fourth-order valence-corrected chi connectivity index (χ4v) is 3.14. The first kappa shape index (κ1) is 16.8. The van der Waals surface area contributed by atoms with Gasteiger partial charge < -0.3 is 15.8 Å². The lowest BCUT2D eigenvalue weighted by Crippen LogP contribution is -2.51. The van der Waals surface area contributed by atoms with E-state index in [9.17, 15) is 4.79 Å². The van der Waals surface area contributed by atoms with Crippen LogP contribution in [-0.4, -0.2) is 43.1 Å². The van der Waals surface area contributed by atoms with Crippen molar-refractivity contribution in [1.82, 2.24) is 4.90 Å². The SMILES string of the molecule is CCOc1ccccc1NC(=O)CN1CCCC(C)C1CN. The molecule has 2 rings (SSSR count). The molecule has 0 saturated carbocycles. The molecule has 22 heavy (non-hydrogen) atoms. The number of nitrogens with zero attached hydrogens (tertiary/aromatic N) is 1. The maximum Gasteiger partial charge on any atom is 0.238 e. The summed E-state index contributed by atoms with van der Waals surface area (Å²) >= 11 is 0. The van der Waals surface area contributed by atoms with Crippen LogP contribution in [0.1, 0.15) is 26.7 Å². The average molecular weight is 305 g/mol. The van der Waals surface area contributed by atoms with Gasteiger partial charge in [-0.15, -0.1) is 0 Å². The lowest BCUT2D eigenvalue weighted by Gasteiger charge is -2.38. The first-order valence-electron chi connectivity index (χ1n) is 8.11. The van der Waals surface area contributed by atoms with Crippen LogP contribution in [-0.2, 0) is 4.79 Å². The molecule has 0 spiro atoms. The van der Waals surface area contributed by atoms with Crippen LogP contribution in [0.15, 0.2) is 24.3 Å². The highest BCUT2D eigenvalue weighted by Gasteiger charge is 2.28. The number of anilines is 1. The van der Waals surface area contributed by atoms with Crippen molar-refractivity contribution in [3.63, 3.8) is 0 Å². The van der Waals surface area contributed by atoms with Gasteiger partial charge >= 0.3 is 0 Å². The van der Waals surface area contributed by atoms with E-state index in [0.29, 0.717) is 37.4 Å². The second-order valence-electron chi connectivity index (χ2n) is 5.87. The molecule has 2 unspecified atom stereocenters. The summed E-state index contributed by atoms with van der Waals surface area (Å²) in [5.74, 6) is 1.24. The number of carbonyl (C=O) groups is 1. The van der Waals surface area contributed by atoms with Crippen LogP contribution in [0.2, 0.25) is 0 Å². The molecule has 1 amide bonds. The summed E-state index contributed by atoms with van der Waals surface area (Å²) in [4.78, 5) is 14.6. The molecule has 5 heteroatoms. The third-order valence-electron chi connectivity index (χ3n) is 4.28. The quantitative estimate of drug-likeness (QED) is 0.844. The maximum absolute atomic E-state index is 12.4. The number of benzene rings is 1. The molecule has 0 aliphatic carbocycles. The number of para-hydroxylation sites is 2. The van der Waals surface area contributed by atoms with Gasteiger partial charge in [-0.2, -0.15) is 0 Å². The molecular formula is C17H27N3O2. The van der Waals surface area contributed by atoms with Gasteiger partial charge in [0.25, 0.3) is 0 Å². The van der Waals surface area contributed by atoms with Crippen molar-refractivity contribution in [2.24, 2.45) is 11.7 Å². The molecule has 122 valence electrons. The topological polar surface area (TPSA) is 67.6 Å². The zero-order valence-electron chi connectivity index (χ0n) is 13.5. The Hall–Kier alpha value is -1.59. The van der Waals surface area contributed by atoms with E-state index in [2.05, 4.69) is 17.1 Å². The molecule has 0 radical (unpaired) electrons. The van der Waals surface area contributed by atoms with Crippen LogP contribution >= 0.6 is 0 Å². The van der Waals surface area contributed by atoms with Gasteiger partial charge in [-0.25, -0.2) is 0 Å². The molecular weight excluding hydrogens is 278 g/mol. The Labute approximate surface area is 132 Å². The zero-order chi connectivity index (χ0) is 15.9. The van der Waals surface area contributed by atoms with Gasteiger partial charge in [0, 0.05) is 12.6 Å². The molecule has 1 aliphatic heterocycles. The highest BCUT2D eigenvalue weighted by molar-refractivity contribution is 5.93. The Bertz CT molecular complexity index is 493. The predicted molar refractivity (Wildman–Crippen MR) is 89.1 cm³/mol. The average Bonchev–Trinajstić information content (AvgIpc) is 2.50. The number of nitrogens with two attached hydrogens (primary N) is 1. The van der Waals surface area contributed by atoms with Crippen LogP contribution in [0.5, 0.6) is 5.75 Å². The third-order valence-corrected chi connectivity index (χ3v) is 4.28. The molecule has 1 saturated heterocycles. The molecule has 0 bridgehead atoms. The van der Waals surface area contributed by atoms with E-state index in [0.717, 1.165) is 18.7 Å². The minimum Gasteiger partial charge on any atom is -0.492 e. The van der Waals surface area contributed by atoms with Gasteiger partial charge in [-0.05, 0) is 44.4 Å². The van der Waals surface area contributed by atoms with Gasteiger partial charge in [-0.1, -0.05) is 19.1 Å². The van der Waals surface area contributed by atoms with Crippen molar-refractivity contribution >= 4 is 11.6 Å². The number of nitrogens with one attached hydrogen (secondary N) is 1. The molecule has 5 nitrogen and oxygen atoms in total. The van der Waals surface area contributed by atoms with Gasteiger partial charge in [-0.3, -0.25) is 9.69 Å². The molecule has 0 aromatic heterocycles. The van der Waals surface area contributed by atoms with E-state index in [-0.39, 0.29) is 5.91 Å². The summed E-state index contributed by atoms with van der Waals surface area (Å²) < 4.78 is 5.54. The van der Waals surface area contributed by atoms with Crippen LogP contribution in [0.4, 0.5) is 5.69 Å². The van der Waals surface area contributed by atoms with Crippen LogP contribution in [0.3, 0.4) is 0 Å². The monoisotopic (exact) mass is 305 g/mol. The summed E-state index contributed by atoms with van der Waals surface area (Å²) in [5.41, 5.74) is 6.61. The summed E-state index contributed by atoms with van der Waals surface area (Å²) in [7, 11) is 0. The normalized spacial score (nSPS) is 22.3. The fourth-order valence-electron chi connectivity index (χ4n) is 3.14. The van der Waals surface area contributed by atoms with E-state index in [4.69, 9.17) is 10.5 Å². The Kier molecular flexibility index (Phi) is 6.21. The van der Waals surface area contributed by atoms with Gasteiger partial charge in [0.2, 0.25) is 5.91 Å². The smallest absolute Gasteiger partial charge is 0.238 e. The number of hydrogen-bond donors (Lipinski definition) is 2. The Morgan fingerprint density at radius 3 is 2.95 bits per heavy atom. The number of amides is 1. The van der Waals surface area contributed by atoms with Crippen molar-refractivity contribution < 1.29 is 9.53 Å². The van der Waals surface area contributed by atoms with E-state index >= 15 is 0 Å². The van der Waals surface area contributed by atoms with Crippen molar-refractivity contribution in [2.45, 2.75) is 32.7 Å². The molecule has 1 aliphatic rings. The summed E-state index contributed by atoms with van der Waals surface area (Å²) in [6.07, 6.45) is 2.31. The lowest BCUT2D eigenvalue weighted by atomic mass is 9.91. The number of piperidine rings is 1. The second-order valence-corrected chi connectivity index (χ2v) is 5.87. The molecule has 3 N–H and O–H groups in total. The van der Waals surface area contributed by atoms with Gasteiger partial charge in [0.05, 0.1) is 18.8 Å². The van der Waals surface area contributed by atoms with Crippen molar-refractivity contribution in [3.05, 3.63) is 24.3 Å². The molecule has 1 fully saturated rings. The van der Waals surface area contributed by atoms with Crippen LogP contribution in [0, 0.1) is 5.92 Å². The minimum absolute atomic E-state index is 0.0142. The summed E-state index contributed by atoms with van der Waals surface area (Å²) in [6, 6.07) is 7.82. The van der Waals surface area contributed by atoms with Crippen LogP contribution < -0.4 is 15.8 Å². The molecule has 2 atom stereocenters. The lowest BCUT2D eigenvalue weighted by molar-refractivity contribution is -0.118. The maximum atomic E-state index is 12.4. The number of ether oxygens (including phenoxy) is 1. The third kappa shape index (κ3) is 4.21. The van der Waals surface area contributed by atoms with E-state index in [1.54, 1.807) is 0 Å². The largest absolute Gasteiger partial charge is 0.492 e. The number of rotatable bonds is 6. The van der Waals surface area contributed by atoms with Crippen molar-refractivity contribution in [1.29, 1.82) is 0 Å². The first-order chi connectivity index (χ1) is 10.7. The van der Waals surface area contributed by atoms with Crippen molar-refractivity contribution in [2.75, 3.05) is 31.6 Å². The predicted octanol–water partition coefficient (Wildman–Crippen LogP) is 2.08. The number of carbonyl (C=O) groups excluding carboxylic acids is 1. The van der Waals surface area contributed by atoms with E-state index in [1.807, 2.05) is 31.2 Å². The van der Waals surface area contributed by atoms with Crippen LogP contribution in [0.25, 0.3) is 0 Å². The van der Waals surface area contributed by atoms with E-state index in [1.165, 1.54) is 6.42 Å². The number of hydrogen-bond acceptors (Lipinski definition) is 4. The first-order valence-corrected chi connectivity index (χ1v) is 8.11. The minimum atomic E-state index is -0.0142. The molecule has 1 heterocycles. The molecule has 1 aromatic rings. The Morgan fingerprint density at radius 2 is 2.23 bits per heavy atom. The second kappa shape index (κ2) is 8.15. The highest BCUT2D eigenvalue weighted by atomic mass is 16.5. The highest BCUT2D eigenvalue weighted by Crippen LogP contribution is 2.25. The van der Waals surface area contributed by atoms with Gasteiger partial charge in [0.1, 0.15) is 5.75 Å². The zero-order valence-corrected chi connectivity index (χ0v) is 13.5. The van der Waals surface area contributed by atoms with E-state index < -0.39 is 0 Å². The molecule has 1 aromatic carbocycles. The Balaban J connectivity index is 1.98. The fraction of sp³-hybridized carbons (Fsp3) is 0.588. The van der Waals surface area contributed by atoms with Gasteiger partial charge in [0.15, 0.2) is 0 Å². The summed E-state index contributed by atoms with van der Waals surface area (Å²) in [6.45, 7) is 6.64.